The molecule has 0 radical (unpaired) electrons. The van der Waals surface area contributed by atoms with Crippen molar-refractivity contribution in [3.63, 3.8) is 0 Å². The topological polar surface area (TPSA) is 64.2 Å². The van der Waals surface area contributed by atoms with E-state index in [1.165, 1.54) is 0 Å². The first-order chi connectivity index (χ1) is 9.65. The third kappa shape index (κ3) is 2.33. The smallest absolute Gasteiger partial charge is 0.292 e. The third-order valence-electron chi connectivity index (χ3n) is 3.78. The van der Waals surface area contributed by atoms with Crippen LogP contribution in [0.5, 0.6) is 0 Å². The maximum absolute atomic E-state index is 12.4. The molecule has 106 valence electrons. The molecule has 6 heteroatoms. The van der Waals surface area contributed by atoms with E-state index < -0.39 is 0 Å². The van der Waals surface area contributed by atoms with Gasteiger partial charge in [-0.05, 0) is 26.7 Å². The zero-order valence-electron chi connectivity index (χ0n) is 11.7. The quantitative estimate of drug-likeness (QED) is 0.839. The van der Waals surface area contributed by atoms with Crippen LogP contribution in [0.25, 0.3) is 0 Å². The van der Waals surface area contributed by atoms with Gasteiger partial charge in [-0.15, -0.1) is 0 Å². The number of likely N-dealkylation sites (tertiary alicyclic amines) is 1. The summed E-state index contributed by atoms with van der Waals surface area (Å²) in [6, 6.07) is 1.98. The zero-order valence-corrected chi connectivity index (χ0v) is 11.7. The molecule has 3 rings (SSSR count). The summed E-state index contributed by atoms with van der Waals surface area (Å²) in [5, 5.41) is 3.78. The van der Waals surface area contributed by atoms with Crippen LogP contribution in [0.3, 0.4) is 0 Å². The molecule has 1 amide bonds. The van der Waals surface area contributed by atoms with E-state index in [1.807, 2.05) is 24.9 Å². The highest BCUT2D eigenvalue weighted by Crippen LogP contribution is 2.24. The molecular formula is C14H18N4O2. The Kier molecular flexibility index (Phi) is 3.30. The highest BCUT2D eigenvalue weighted by Gasteiger charge is 2.27. The first-order valence-electron chi connectivity index (χ1n) is 6.87. The van der Waals surface area contributed by atoms with E-state index in [1.54, 1.807) is 12.3 Å². The summed E-state index contributed by atoms with van der Waals surface area (Å²) in [5.41, 5.74) is 0.729. The Morgan fingerprint density at radius 1 is 1.45 bits per heavy atom. The van der Waals surface area contributed by atoms with Crippen LogP contribution in [0.4, 0.5) is 0 Å². The van der Waals surface area contributed by atoms with Crippen molar-refractivity contribution in [3.05, 3.63) is 35.7 Å². The standard InChI is InChI=1S/C14H18N4O2/c1-10-8-13(20-16-10)14(19)17-6-3-4-12(9-17)18-7-5-15-11(18)2/h5,7-8,12H,3-4,6,9H2,1-2H3/t12-/m1/s1. The lowest BCUT2D eigenvalue weighted by molar-refractivity contribution is 0.0636. The van der Waals surface area contributed by atoms with Gasteiger partial charge in [-0.2, -0.15) is 0 Å². The Morgan fingerprint density at radius 2 is 2.30 bits per heavy atom. The fraction of sp³-hybridized carbons (Fsp3) is 0.500. The second-order valence-corrected chi connectivity index (χ2v) is 5.26. The Balaban J connectivity index is 1.75. The maximum atomic E-state index is 12.4. The summed E-state index contributed by atoms with van der Waals surface area (Å²) in [7, 11) is 0. The Bertz CT molecular complexity index is 616. The maximum Gasteiger partial charge on any atom is 0.292 e. The monoisotopic (exact) mass is 274 g/mol. The van der Waals surface area contributed by atoms with Gasteiger partial charge in [-0.25, -0.2) is 4.98 Å². The first kappa shape index (κ1) is 12.9. The Hall–Kier alpha value is -2.11. The van der Waals surface area contributed by atoms with Crippen molar-refractivity contribution in [1.82, 2.24) is 19.6 Å². The summed E-state index contributed by atoms with van der Waals surface area (Å²) < 4.78 is 7.21. The van der Waals surface area contributed by atoms with E-state index in [2.05, 4.69) is 14.7 Å². The molecule has 0 aromatic carbocycles. The van der Waals surface area contributed by atoms with Crippen LogP contribution in [0.1, 0.15) is 41.0 Å². The minimum absolute atomic E-state index is 0.0759. The van der Waals surface area contributed by atoms with Gasteiger partial charge in [0.05, 0.1) is 11.7 Å². The summed E-state index contributed by atoms with van der Waals surface area (Å²) in [6.07, 6.45) is 5.83. The molecular weight excluding hydrogens is 256 g/mol. The molecule has 1 fully saturated rings. The molecule has 6 nitrogen and oxygen atoms in total. The number of aromatic nitrogens is 3. The molecule has 1 saturated heterocycles. The largest absolute Gasteiger partial charge is 0.351 e. The van der Waals surface area contributed by atoms with Gasteiger partial charge in [0.15, 0.2) is 0 Å². The molecule has 1 aliphatic rings. The zero-order chi connectivity index (χ0) is 14.1. The van der Waals surface area contributed by atoms with E-state index in [-0.39, 0.29) is 5.91 Å². The van der Waals surface area contributed by atoms with E-state index in [4.69, 9.17) is 4.52 Å². The van der Waals surface area contributed by atoms with E-state index in [0.717, 1.165) is 30.9 Å². The molecule has 1 aliphatic heterocycles. The average Bonchev–Trinajstić information content (AvgIpc) is 3.07. The lowest BCUT2D eigenvalue weighted by Crippen LogP contribution is -2.40. The molecule has 0 unspecified atom stereocenters. The predicted octanol–water partition coefficient (Wildman–Crippen LogP) is 1.97. The molecule has 0 spiro atoms. The van der Waals surface area contributed by atoms with Crippen LogP contribution in [0, 0.1) is 13.8 Å². The molecule has 2 aromatic heterocycles. The van der Waals surface area contributed by atoms with Crippen LogP contribution >= 0.6 is 0 Å². The van der Waals surface area contributed by atoms with Crippen molar-refractivity contribution < 1.29 is 9.32 Å². The van der Waals surface area contributed by atoms with Crippen molar-refractivity contribution in [3.8, 4) is 0 Å². The highest BCUT2D eigenvalue weighted by atomic mass is 16.5. The predicted molar refractivity (Wildman–Crippen MR) is 72.4 cm³/mol. The Labute approximate surface area is 117 Å². The minimum atomic E-state index is -0.0759. The summed E-state index contributed by atoms with van der Waals surface area (Å²) in [4.78, 5) is 18.5. The van der Waals surface area contributed by atoms with Crippen molar-refractivity contribution in [1.29, 1.82) is 0 Å². The molecule has 0 aliphatic carbocycles. The fourth-order valence-electron chi connectivity index (χ4n) is 2.76. The second-order valence-electron chi connectivity index (χ2n) is 5.26. The van der Waals surface area contributed by atoms with Gasteiger partial charge >= 0.3 is 0 Å². The highest BCUT2D eigenvalue weighted by molar-refractivity contribution is 5.91. The second kappa shape index (κ2) is 5.11. The number of rotatable bonds is 2. The number of aryl methyl sites for hydroxylation is 2. The van der Waals surface area contributed by atoms with Crippen LogP contribution in [-0.2, 0) is 0 Å². The van der Waals surface area contributed by atoms with Crippen molar-refractivity contribution in [2.45, 2.75) is 32.7 Å². The van der Waals surface area contributed by atoms with Gasteiger partial charge in [0, 0.05) is 31.5 Å². The molecule has 20 heavy (non-hydrogen) atoms. The first-order valence-corrected chi connectivity index (χ1v) is 6.87. The van der Waals surface area contributed by atoms with Gasteiger partial charge in [-0.1, -0.05) is 5.16 Å². The van der Waals surface area contributed by atoms with Crippen molar-refractivity contribution in [2.24, 2.45) is 0 Å². The number of piperidine rings is 1. The van der Waals surface area contributed by atoms with Crippen molar-refractivity contribution in [2.75, 3.05) is 13.1 Å². The van der Waals surface area contributed by atoms with Crippen LogP contribution in [0.15, 0.2) is 23.0 Å². The average molecular weight is 274 g/mol. The van der Waals surface area contributed by atoms with Gasteiger partial charge in [0.2, 0.25) is 5.76 Å². The SMILES string of the molecule is Cc1cc(C(=O)N2CCC[C@@H](n3ccnc3C)C2)on1. The van der Waals surface area contributed by atoms with Crippen LogP contribution in [-0.4, -0.2) is 38.6 Å². The van der Waals surface area contributed by atoms with Crippen LogP contribution in [0.2, 0.25) is 0 Å². The van der Waals surface area contributed by atoms with Crippen molar-refractivity contribution >= 4 is 5.91 Å². The van der Waals surface area contributed by atoms with Gasteiger partial charge in [0.25, 0.3) is 5.91 Å². The number of hydrogen-bond acceptors (Lipinski definition) is 4. The molecule has 0 saturated carbocycles. The molecule has 2 aromatic rings. The number of imidazole rings is 1. The van der Waals surface area contributed by atoms with E-state index in [9.17, 15) is 4.79 Å². The summed E-state index contributed by atoms with van der Waals surface area (Å²) in [5.74, 6) is 1.23. The third-order valence-corrected chi connectivity index (χ3v) is 3.78. The Morgan fingerprint density at radius 3 is 2.95 bits per heavy atom. The lowest BCUT2D eigenvalue weighted by Gasteiger charge is -2.33. The number of nitrogens with zero attached hydrogens (tertiary/aromatic N) is 4. The molecule has 1 atom stereocenters. The van der Waals surface area contributed by atoms with Gasteiger partial charge < -0.3 is 14.0 Å². The van der Waals surface area contributed by atoms with Crippen LogP contribution < -0.4 is 0 Å². The van der Waals surface area contributed by atoms with E-state index in [0.29, 0.717) is 18.3 Å². The number of amides is 1. The molecule has 0 bridgehead atoms. The normalized spacial score (nSPS) is 19.3. The lowest BCUT2D eigenvalue weighted by atomic mass is 10.0. The fourth-order valence-corrected chi connectivity index (χ4v) is 2.76. The van der Waals surface area contributed by atoms with E-state index >= 15 is 0 Å². The molecule has 3 heterocycles. The minimum Gasteiger partial charge on any atom is -0.351 e. The number of carbonyl (C=O) groups excluding carboxylic acids is 1. The number of hydrogen-bond donors (Lipinski definition) is 0. The summed E-state index contributed by atoms with van der Waals surface area (Å²) >= 11 is 0. The number of carbonyl (C=O) groups is 1. The van der Waals surface area contributed by atoms with Gasteiger partial charge in [0.1, 0.15) is 5.82 Å². The van der Waals surface area contributed by atoms with Gasteiger partial charge in [-0.3, -0.25) is 4.79 Å². The summed E-state index contributed by atoms with van der Waals surface area (Å²) in [6.45, 7) is 5.26. The molecule has 0 N–H and O–H groups in total.